The number of hydrogen-bond acceptors (Lipinski definition) is 3. The van der Waals surface area contributed by atoms with Crippen LogP contribution in [0.1, 0.15) is 21.3 Å². The van der Waals surface area contributed by atoms with Gasteiger partial charge in [0, 0.05) is 14.9 Å². The van der Waals surface area contributed by atoms with E-state index in [1.807, 2.05) is 0 Å². The lowest BCUT2D eigenvalue weighted by Gasteiger charge is -2.13. The smallest absolute Gasteiger partial charge is 0.331 e. The number of rotatable bonds is 4. The third-order valence-corrected chi connectivity index (χ3v) is 4.70. The average molecular weight is 375 g/mol. The Balaban J connectivity index is 2.20. The highest BCUT2D eigenvalue weighted by atomic mass is 79.9. The summed E-state index contributed by atoms with van der Waals surface area (Å²) >= 11 is 10.4. The van der Waals surface area contributed by atoms with Gasteiger partial charge < -0.3 is 10.4 Å². The molecule has 20 heavy (non-hydrogen) atoms. The maximum Gasteiger partial charge on any atom is 0.331 e. The van der Waals surface area contributed by atoms with Gasteiger partial charge in [-0.25, -0.2) is 4.79 Å². The second kappa shape index (κ2) is 6.39. The molecule has 0 saturated carbocycles. The maximum absolute atomic E-state index is 12.1. The van der Waals surface area contributed by atoms with Gasteiger partial charge in [-0.15, -0.1) is 11.3 Å². The molecule has 0 fully saturated rings. The Morgan fingerprint density at radius 1 is 1.35 bits per heavy atom. The van der Waals surface area contributed by atoms with Crippen molar-refractivity contribution in [1.82, 2.24) is 5.32 Å². The summed E-state index contributed by atoms with van der Waals surface area (Å²) in [5.74, 6) is -1.59. The normalized spacial score (nSPS) is 11.9. The molecule has 1 atom stereocenters. The molecule has 0 spiro atoms. The number of carbonyl (C=O) groups excluding carboxylic acids is 1. The zero-order chi connectivity index (χ0) is 14.7. The van der Waals surface area contributed by atoms with Crippen LogP contribution in [-0.2, 0) is 4.79 Å². The Morgan fingerprint density at radius 3 is 2.65 bits per heavy atom. The van der Waals surface area contributed by atoms with Crippen LogP contribution in [0.15, 0.2) is 40.2 Å². The van der Waals surface area contributed by atoms with E-state index in [0.29, 0.717) is 19.9 Å². The molecule has 0 aliphatic heterocycles. The van der Waals surface area contributed by atoms with Gasteiger partial charge in [-0.05, 0) is 45.6 Å². The zero-order valence-corrected chi connectivity index (χ0v) is 13.1. The molecule has 1 heterocycles. The van der Waals surface area contributed by atoms with Gasteiger partial charge in [0.15, 0.2) is 6.04 Å². The molecule has 104 valence electrons. The summed E-state index contributed by atoms with van der Waals surface area (Å²) in [5.41, 5.74) is 0.306. The van der Waals surface area contributed by atoms with Crippen molar-refractivity contribution in [3.05, 3.63) is 55.6 Å². The van der Waals surface area contributed by atoms with Crippen LogP contribution in [0.2, 0.25) is 5.02 Å². The van der Waals surface area contributed by atoms with E-state index >= 15 is 0 Å². The Labute approximate surface area is 132 Å². The number of nitrogens with one attached hydrogen (secondary N) is 1. The van der Waals surface area contributed by atoms with Crippen molar-refractivity contribution in [1.29, 1.82) is 0 Å². The number of thiophene rings is 1. The van der Waals surface area contributed by atoms with Crippen molar-refractivity contribution in [2.45, 2.75) is 6.04 Å². The molecule has 1 unspecified atom stereocenters. The fourth-order valence-corrected chi connectivity index (χ4v) is 2.76. The molecule has 0 aliphatic rings. The molecule has 1 amide bonds. The fourth-order valence-electron chi connectivity index (χ4n) is 1.56. The Kier molecular flexibility index (Phi) is 4.80. The number of benzene rings is 1. The molecular weight excluding hydrogens is 366 g/mol. The van der Waals surface area contributed by atoms with Gasteiger partial charge in [0.05, 0.1) is 5.02 Å². The number of amides is 1. The average Bonchev–Trinajstić information content (AvgIpc) is 2.92. The van der Waals surface area contributed by atoms with E-state index in [9.17, 15) is 14.7 Å². The molecule has 0 aliphatic carbocycles. The van der Waals surface area contributed by atoms with E-state index in [1.165, 1.54) is 17.4 Å². The van der Waals surface area contributed by atoms with Crippen molar-refractivity contribution in [3.63, 3.8) is 0 Å². The summed E-state index contributed by atoms with van der Waals surface area (Å²) in [5, 5.41) is 13.8. The van der Waals surface area contributed by atoms with Crippen LogP contribution in [0.5, 0.6) is 0 Å². The van der Waals surface area contributed by atoms with E-state index in [2.05, 4.69) is 21.2 Å². The van der Waals surface area contributed by atoms with E-state index in [4.69, 9.17) is 11.6 Å². The van der Waals surface area contributed by atoms with E-state index in [0.717, 1.165) is 0 Å². The van der Waals surface area contributed by atoms with Crippen LogP contribution >= 0.6 is 38.9 Å². The number of carboxylic acids is 1. The number of aliphatic carboxylic acids is 1. The van der Waals surface area contributed by atoms with Crippen molar-refractivity contribution in [2.24, 2.45) is 0 Å². The molecule has 1 aromatic heterocycles. The van der Waals surface area contributed by atoms with Gasteiger partial charge in [0.2, 0.25) is 0 Å². The highest BCUT2D eigenvalue weighted by Gasteiger charge is 2.23. The minimum Gasteiger partial charge on any atom is -0.479 e. The fraction of sp³-hybridized carbons (Fsp3) is 0.0769. The van der Waals surface area contributed by atoms with E-state index in [-0.39, 0.29) is 0 Å². The second-order valence-electron chi connectivity index (χ2n) is 3.89. The number of hydrogen-bond donors (Lipinski definition) is 2. The third kappa shape index (κ3) is 3.39. The lowest BCUT2D eigenvalue weighted by molar-refractivity contribution is -0.139. The summed E-state index contributed by atoms with van der Waals surface area (Å²) in [6.07, 6.45) is 0. The highest BCUT2D eigenvalue weighted by molar-refractivity contribution is 9.10. The van der Waals surface area contributed by atoms with E-state index in [1.54, 1.807) is 29.6 Å². The minimum atomic E-state index is -1.11. The van der Waals surface area contributed by atoms with Crippen LogP contribution in [0.4, 0.5) is 0 Å². The molecule has 2 aromatic rings. The lowest BCUT2D eigenvalue weighted by Crippen LogP contribution is -2.33. The standard InChI is InChI=1S/C13H9BrClNO3S/c14-8-4-3-7(6-9(8)15)12(17)16-11(13(18)19)10-2-1-5-20-10/h1-6,11H,(H,16,17)(H,18,19). The van der Waals surface area contributed by atoms with Crippen molar-refractivity contribution >= 4 is 50.7 Å². The quantitative estimate of drug-likeness (QED) is 0.857. The lowest BCUT2D eigenvalue weighted by atomic mass is 10.2. The molecule has 0 bridgehead atoms. The molecule has 1 aromatic carbocycles. The first-order chi connectivity index (χ1) is 9.49. The second-order valence-corrected chi connectivity index (χ2v) is 6.13. The number of halogens is 2. The van der Waals surface area contributed by atoms with Crippen LogP contribution < -0.4 is 5.32 Å². The van der Waals surface area contributed by atoms with Gasteiger partial charge >= 0.3 is 5.97 Å². The SMILES string of the molecule is O=C(NC(C(=O)O)c1cccs1)c1ccc(Br)c(Cl)c1. The molecule has 4 nitrogen and oxygen atoms in total. The molecular formula is C13H9BrClNO3S. The summed E-state index contributed by atoms with van der Waals surface area (Å²) in [4.78, 5) is 23.9. The van der Waals surface area contributed by atoms with Crippen molar-refractivity contribution in [3.8, 4) is 0 Å². The van der Waals surface area contributed by atoms with Crippen LogP contribution in [-0.4, -0.2) is 17.0 Å². The van der Waals surface area contributed by atoms with Crippen molar-refractivity contribution < 1.29 is 14.7 Å². The van der Waals surface area contributed by atoms with Gasteiger partial charge in [0.1, 0.15) is 0 Å². The summed E-state index contributed by atoms with van der Waals surface area (Å²) in [7, 11) is 0. The van der Waals surface area contributed by atoms with Crippen LogP contribution in [0.3, 0.4) is 0 Å². The third-order valence-electron chi connectivity index (χ3n) is 2.53. The zero-order valence-electron chi connectivity index (χ0n) is 9.97. The first-order valence-corrected chi connectivity index (χ1v) is 7.56. The van der Waals surface area contributed by atoms with Gasteiger partial charge in [-0.1, -0.05) is 17.7 Å². The van der Waals surface area contributed by atoms with Gasteiger partial charge in [-0.3, -0.25) is 4.79 Å². The summed E-state index contributed by atoms with van der Waals surface area (Å²) in [6.45, 7) is 0. The Bertz CT molecular complexity index is 645. The molecule has 7 heteroatoms. The Morgan fingerprint density at radius 2 is 2.10 bits per heavy atom. The number of carbonyl (C=O) groups is 2. The van der Waals surface area contributed by atoms with Crippen LogP contribution in [0, 0.1) is 0 Å². The Hall–Kier alpha value is -1.37. The summed E-state index contributed by atoms with van der Waals surface area (Å²) < 4.78 is 0.670. The maximum atomic E-state index is 12.1. The molecule has 2 N–H and O–H groups in total. The van der Waals surface area contributed by atoms with Gasteiger partial charge in [-0.2, -0.15) is 0 Å². The minimum absolute atomic E-state index is 0.306. The molecule has 0 radical (unpaired) electrons. The largest absolute Gasteiger partial charge is 0.479 e. The predicted molar refractivity (Wildman–Crippen MR) is 81.3 cm³/mol. The van der Waals surface area contributed by atoms with Crippen LogP contribution in [0.25, 0.3) is 0 Å². The topological polar surface area (TPSA) is 66.4 Å². The molecule has 2 rings (SSSR count). The van der Waals surface area contributed by atoms with Crippen molar-refractivity contribution in [2.75, 3.05) is 0 Å². The first-order valence-electron chi connectivity index (χ1n) is 5.51. The number of carboxylic acid groups (broad SMARTS) is 1. The highest BCUT2D eigenvalue weighted by Crippen LogP contribution is 2.24. The summed E-state index contributed by atoms with van der Waals surface area (Å²) in [6, 6.07) is 7.02. The predicted octanol–water partition coefficient (Wildman–Crippen LogP) is 3.72. The van der Waals surface area contributed by atoms with E-state index < -0.39 is 17.9 Å². The van der Waals surface area contributed by atoms with Gasteiger partial charge in [0.25, 0.3) is 5.91 Å². The monoisotopic (exact) mass is 373 g/mol. The first kappa shape index (κ1) is 15.0. The molecule has 0 saturated heterocycles.